The molecular weight excluding hydrogens is 260 g/mol. The molecular formula is C15H16O5. The zero-order valence-electron chi connectivity index (χ0n) is 11.4. The summed E-state index contributed by atoms with van der Waals surface area (Å²) in [5.74, 6) is 2.23. The first kappa shape index (κ1) is 13.0. The lowest BCUT2D eigenvalue weighted by Gasteiger charge is -2.13. The van der Waals surface area contributed by atoms with E-state index in [-0.39, 0.29) is 12.2 Å². The standard InChI is InChI=1S/C15H16O5/c1-16-10-5-6-11(13(8-10)17-2)14-9-15(20-19-14)12-4-3-7-18-12/h3-8,14-15H,9H2,1-2H3/t14-,15+/m0/s1. The van der Waals surface area contributed by atoms with Gasteiger partial charge in [0.1, 0.15) is 23.4 Å². The van der Waals surface area contributed by atoms with Gasteiger partial charge in [0, 0.05) is 18.1 Å². The summed E-state index contributed by atoms with van der Waals surface area (Å²) in [5, 5.41) is 0. The van der Waals surface area contributed by atoms with Crippen molar-refractivity contribution in [1.82, 2.24) is 0 Å². The zero-order valence-corrected chi connectivity index (χ0v) is 11.4. The molecule has 1 saturated heterocycles. The summed E-state index contributed by atoms with van der Waals surface area (Å²) in [6, 6.07) is 9.35. The lowest BCUT2D eigenvalue weighted by atomic mass is 10.0. The molecule has 3 rings (SSSR count). The Morgan fingerprint density at radius 2 is 1.90 bits per heavy atom. The lowest BCUT2D eigenvalue weighted by Crippen LogP contribution is -2.00. The predicted octanol–water partition coefficient (Wildman–Crippen LogP) is 3.43. The van der Waals surface area contributed by atoms with Gasteiger partial charge in [-0.05, 0) is 24.3 Å². The van der Waals surface area contributed by atoms with Crippen molar-refractivity contribution in [3.63, 3.8) is 0 Å². The van der Waals surface area contributed by atoms with Crippen LogP contribution in [0.25, 0.3) is 0 Å². The average molecular weight is 276 g/mol. The average Bonchev–Trinajstić information content (AvgIpc) is 3.17. The molecule has 5 heteroatoms. The van der Waals surface area contributed by atoms with Crippen LogP contribution in [-0.2, 0) is 9.78 Å². The smallest absolute Gasteiger partial charge is 0.153 e. The van der Waals surface area contributed by atoms with Crippen LogP contribution in [0.2, 0.25) is 0 Å². The number of rotatable bonds is 4. The van der Waals surface area contributed by atoms with E-state index in [1.807, 2.05) is 30.3 Å². The van der Waals surface area contributed by atoms with Gasteiger partial charge in [-0.25, -0.2) is 9.78 Å². The Hall–Kier alpha value is -1.98. The number of ether oxygens (including phenoxy) is 2. The summed E-state index contributed by atoms with van der Waals surface area (Å²) >= 11 is 0. The molecule has 2 atom stereocenters. The van der Waals surface area contributed by atoms with Gasteiger partial charge >= 0.3 is 0 Å². The van der Waals surface area contributed by atoms with Crippen molar-refractivity contribution < 1.29 is 23.7 Å². The van der Waals surface area contributed by atoms with Crippen LogP contribution in [-0.4, -0.2) is 14.2 Å². The van der Waals surface area contributed by atoms with Crippen molar-refractivity contribution in [3.8, 4) is 11.5 Å². The van der Waals surface area contributed by atoms with Crippen LogP contribution >= 0.6 is 0 Å². The molecule has 0 amide bonds. The fourth-order valence-corrected chi connectivity index (χ4v) is 2.31. The molecule has 0 bridgehead atoms. The van der Waals surface area contributed by atoms with E-state index in [2.05, 4.69) is 0 Å². The second-order valence-electron chi connectivity index (χ2n) is 4.53. The number of benzene rings is 1. The molecule has 0 unspecified atom stereocenters. The Morgan fingerprint density at radius 3 is 2.60 bits per heavy atom. The summed E-state index contributed by atoms with van der Waals surface area (Å²) in [5.41, 5.74) is 0.933. The molecule has 0 radical (unpaired) electrons. The first-order valence-electron chi connectivity index (χ1n) is 6.39. The van der Waals surface area contributed by atoms with Crippen LogP contribution in [0.5, 0.6) is 11.5 Å². The van der Waals surface area contributed by atoms with Gasteiger partial charge < -0.3 is 13.9 Å². The van der Waals surface area contributed by atoms with Gasteiger partial charge in [0.15, 0.2) is 6.10 Å². The van der Waals surface area contributed by atoms with E-state index in [1.54, 1.807) is 20.5 Å². The van der Waals surface area contributed by atoms with Crippen LogP contribution in [0.15, 0.2) is 41.0 Å². The van der Waals surface area contributed by atoms with Gasteiger partial charge in [-0.3, -0.25) is 0 Å². The molecule has 0 spiro atoms. The monoisotopic (exact) mass is 276 g/mol. The van der Waals surface area contributed by atoms with E-state index in [0.29, 0.717) is 6.42 Å². The van der Waals surface area contributed by atoms with Crippen LogP contribution in [0, 0.1) is 0 Å². The molecule has 2 aromatic rings. The molecule has 1 aliphatic rings. The Morgan fingerprint density at radius 1 is 1.05 bits per heavy atom. The van der Waals surface area contributed by atoms with Crippen molar-refractivity contribution >= 4 is 0 Å². The maximum atomic E-state index is 5.41. The van der Waals surface area contributed by atoms with Gasteiger partial charge in [-0.2, -0.15) is 0 Å². The van der Waals surface area contributed by atoms with E-state index in [1.165, 1.54) is 0 Å². The molecule has 1 aromatic carbocycles. The number of hydrogen-bond acceptors (Lipinski definition) is 5. The number of hydrogen-bond donors (Lipinski definition) is 0. The van der Waals surface area contributed by atoms with Gasteiger partial charge in [0.2, 0.25) is 0 Å². The van der Waals surface area contributed by atoms with Gasteiger partial charge in [-0.1, -0.05) is 0 Å². The minimum atomic E-state index is -0.193. The van der Waals surface area contributed by atoms with Crippen LogP contribution in [0.3, 0.4) is 0 Å². The molecule has 5 nitrogen and oxygen atoms in total. The van der Waals surface area contributed by atoms with E-state index < -0.39 is 0 Å². The Labute approximate surface area is 116 Å². The molecule has 1 aromatic heterocycles. The van der Waals surface area contributed by atoms with Gasteiger partial charge in [-0.15, -0.1) is 0 Å². The molecule has 1 aliphatic heterocycles. The fraction of sp³-hybridized carbons (Fsp3) is 0.333. The molecule has 2 heterocycles. The van der Waals surface area contributed by atoms with Crippen molar-refractivity contribution in [2.45, 2.75) is 18.6 Å². The number of furan rings is 1. The van der Waals surface area contributed by atoms with Crippen LogP contribution in [0.1, 0.15) is 30.0 Å². The van der Waals surface area contributed by atoms with Crippen LogP contribution < -0.4 is 9.47 Å². The van der Waals surface area contributed by atoms with E-state index >= 15 is 0 Å². The van der Waals surface area contributed by atoms with Gasteiger partial charge in [0.05, 0.1) is 20.5 Å². The maximum Gasteiger partial charge on any atom is 0.153 e. The number of methoxy groups -OCH3 is 2. The SMILES string of the molecule is COc1ccc([C@@H]2C[C@H](c3ccco3)OO2)c(OC)c1. The summed E-state index contributed by atoms with van der Waals surface area (Å²) in [6.45, 7) is 0. The summed E-state index contributed by atoms with van der Waals surface area (Å²) in [6.07, 6.45) is 1.92. The quantitative estimate of drug-likeness (QED) is 0.801. The fourth-order valence-electron chi connectivity index (χ4n) is 2.31. The Kier molecular flexibility index (Phi) is 3.62. The first-order valence-corrected chi connectivity index (χ1v) is 6.39. The van der Waals surface area contributed by atoms with Crippen molar-refractivity contribution in [2.75, 3.05) is 14.2 Å². The Balaban J connectivity index is 1.80. The van der Waals surface area contributed by atoms with E-state index in [0.717, 1.165) is 22.8 Å². The highest BCUT2D eigenvalue weighted by molar-refractivity contribution is 5.42. The highest BCUT2D eigenvalue weighted by Crippen LogP contribution is 2.43. The maximum absolute atomic E-state index is 5.41. The summed E-state index contributed by atoms with van der Waals surface area (Å²) in [7, 11) is 3.24. The van der Waals surface area contributed by atoms with Crippen molar-refractivity contribution in [2.24, 2.45) is 0 Å². The molecule has 0 saturated carbocycles. The van der Waals surface area contributed by atoms with Crippen LogP contribution in [0.4, 0.5) is 0 Å². The Bertz CT molecular complexity index is 564. The molecule has 1 fully saturated rings. The third-order valence-electron chi connectivity index (χ3n) is 3.36. The third-order valence-corrected chi connectivity index (χ3v) is 3.36. The molecule has 0 aliphatic carbocycles. The molecule has 20 heavy (non-hydrogen) atoms. The lowest BCUT2D eigenvalue weighted by molar-refractivity contribution is -0.303. The van der Waals surface area contributed by atoms with E-state index in [4.69, 9.17) is 23.7 Å². The summed E-state index contributed by atoms with van der Waals surface area (Å²) in [4.78, 5) is 10.8. The second kappa shape index (κ2) is 5.56. The first-order chi connectivity index (χ1) is 9.81. The largest absolute Gasteiger partial charge is 0.497 e. The highest BCUT2D eigenvalue weighted by Gasteiger charge is 2.33. The van der Waals surface area contributed by atoms with Gasteiger partial charge in [0.25, 0.3) is 0 Å². The van der Waals surface area contributed by atoms with E-state index in [9.17, 15) is 0 Å². The minimum Gasteiger partial charge on any atom is -0.497 e. The molecule has 106 valence electrons. The van der Waals surface area contributed by atoms with Crippen molar-refractivity contribution in [1.29, 1.82) is 0 Å². The highest BCUT2D eigenvalue weighted by atomic mass is 17.2. The molecule has 0 N–H and O–H groups in total. The predicted molar refractivity (Wildman–Crippen MR) is 70.5 cm³/mol. The second-order valence-corrected chi connectivity index (χ2v) is 4.53. The topological polar surface area (TPSA) is 50.1 Å². The zero-order chi connectivity index (χ0) is 13.9. The summed E-state index contributed by atoms with van der Waals surface area (Å²) < 4.78 is 15.9. The third kappa shape index (κ3) is 2.37. The normalized spacial score (nSPS) is 21.9. The van der Waals surface area contributed by atoms with Crippen molar-refractivity contribution in [3.05, 3.63) is 47.9 Å². The minimum absolute atomic E-state index is 0.189.